The molecule has 3 heterocycles. The number of nitrogens with zero attached hydrogens (tertiary/aromatic N) is 3. The number of aromatic nitrogens is 1. The Morgan fingerprint density at radius 1 is 1.07 bits per heavy atom. The second-order valence-electron chi connectivity index (χ2n) is 7.81. The summed E-state index contributed by atoms with van der Waals surface area (Å²) in [5.41, 5.74) is -0.113. The molecular weight excluding hydrogens is 362 g/mol. The number of alkyl halides is 3. The van der Waals surface area contributed by atoms with E-state index in [1.807, 2.05) is 38.7 Å². The van der Waals surface area contributed by atoms with Gasteiger partial charge >= 0.3 is 19.2 Å². The van der Waals surface area contributed by atoms with Crippen molar-refractivity contribution in [3.05, 3.63) is 18.3 Å². The standard InChI is InChI=1S/C17H23BF3N3O3/c1-15(2)16(3,4)27-18(26-15)12-5-6-13(22-11-12)23-7-9-24(10-8-23)14(25)17(19,20)21/h5-6,11H,7-10H2,1-4H3. The van der Waals surface area contributed by atoms with Gasteiger partial charge in [0, 0.05) is 37.8 Å². The lowest BCUT2D eigenvalue weighted by Gasteiger charge is -2.35. The molecule has 3 rings (SSSR count). The van der Waals surface area contributed by atoms with Crippen LogP contribution in [0, 0.1) is 0 Å². The fraction of sp³-hybridized carbons (Fsp3) is 0.647. The van der Waals surface area contributed by atoms with Gasteiger partial charge in [0.05, 0.1) is 11.2 Å². The molecule has 2 aliphatic rings. The summed E-state index contributed by atoms with van der Waals surface area (Å²) in [5, 5.41) is 0. The molecule has 0 bridgehead atoms. The van der Waals surface area contributed by atoms with Crippen LogP contribution in [0.1, 0.15) is 27.7 Å². The Hall–Kier alpha value is -1.81. The van der Waals surface area contributed by atoms with E-state index in [1.165, 1.54) is 0 Å². The molecule has 0 aromatic carbocycles. The number of pyridine rings is 1. The van der Waals surface area contributed by atoms with Gasteiger partial charge in [-0.25, -0.2) is 4.98 Å². The van der Waals surface area contributed by atoms with E-state index in [0.29, 0.717) is 18.9 Å². The van der Waals surface area contributed by atoms with Gasteiger partial charge in [0.25, 0.3) is 0 Å². The van der Waals surface area contributed by atoms with Gasteiger partial charge in [-0.05, 0) is 33.8 Å². The molecule has 0 saturated carbocycles. The topological polar surface area (TPSA) is 54.9 Å². The van der Waals surface area contributed by atoms with Crippen molar-refractivity contribution in [1.29, 1.82) is 0 Å². The van der Waals surface area contributed by atoms with Crippen LogP contribution >= 0.6 is 0 Å². The van der Waals surface area contributed by atoms with Gasteiger partial charge in [-0.1, -0.05) is 6.07 Å². The molecule has 1 aromatic heterocycles. The van der Waals surface area contributed by atoms with Gasteiger partial charge in [-0.3, -0.25) is 4.79 Å². The maximum Gasteiger partial charge on any atom is 0.496 e. The fourth-order valence-corrected chi connectivity index (χ4v) is 3.02. The van der Waals surface area contributed by atoms with E-state index in [0.717, 1.165) is 10.4 Å². The van der Waals surface area contributed by atoms with E-state index in [4.69, 9.17) is 9.31 Å². The van der Waals surface area contributed by atoms with Crippen molar-refractivity contribution in [3.63, 3.8) is 0 Å². The van der Waals surface area contributed by atoms with Crippen molar-refractivity contribution in [3.8, 4) is 0 Å². The number of halogens is 3. The predicted octanol–water partition coefficient (Wildman–Crippen LogP) is 1.59. The largest absolute Gasteiger partial charge is 0.496 e. The van der Waals surface area contributed by atoms with Crippen molar-refractivity contribution in [2.24, 2.45) is 0 Å². The highest BCUT2D eigenvalue weighted by atomic mass is 19.4. The minimum atomic E-state index is -4.83. The van der Waals surface area contributed by atoms with Gasteiger partial charge in [0.1, 0.15) is 5.82 Å². The summed E-state index contributed by atoms with van der Waals surface area (Å²) in [6.45, 7) is 8.49. The third kappa shape index (κ3) is 3.91. The predicted molar refractivity (Wildman–Crippen MR) is 94.8 cm³/mol. The molecule has 2 fully saturated rings. The van der Waals surface area contributed by atoms with Gasteiger partial charge in [0.15, 0.2) is 0 Å². The summed E-state index contributed by atoms with van der Waals surface area (Å²) in [7, 11) is -0.516. The van der Waals surface area contributed by atoms with E-state index < -0.39 is 30.4 Å². The highest BCUT2D eigenvalue weighted by Gasteiger charge is 2.51. The summed E-state index contributed by atoms with van der Waals surface area (Å²) in [6.07, 6.45) is -3.17. The number of rotatable bonds is 2. The number of amides is 1. The summed E-state index contributed by atoms with van der Waals surface area (Å²) < 4.78 is 49.5. The van der Waals surface area contributed by atoms with Gasteiger partial charge in [-0.2, -0.15) is 13.2 Å². The zero-order valence-electron chi connectivity index (χ0n) is 15.8. The second-order valence-corrected chi connectivity index (χ2v) is 7.81. The number of hydrogen-bond donors (Lipinski definition) is 0. The number of hydrogen-bond acceptors (Lipinski definition) is 5. The highest BCUT2D eigenvalue weighted by molar-refractivity contribution is 6.62. The normalized spacial score (nSPS) is 22.3. The van der Waals surface area contributed by atoms with Crippen molar-refractivity contribution >= 4 is 24.3 Å². The van der Waals surface area contributed by atoms with E-state index in [1.54, 1.807) is 12.3 Å². The molecule has 27 heavy (non-hydrogen) atoms. The van der Waals surface area contributed by atoms with Gasteiger partial charge < -0.3 is 19.1 Å². The summed E-state index contributed by atoms with van der Waals surface area (Å²) >= 11 is 0. The van der Waals surface area contributed by atoms with Crippen LogP contribution in [0.4, 0.5) is 19.0 Å². The molecule has 0 radical (unpaired) electrons. The molecular formula is C17H23BF3N3O3. The molecule has 0 N–H and O–H groups in total. The van der Waals surface area contributed by atoms with Crippen LogP contribution < -0.4 is 10.4 Å². The molecule has 1 aromatic rings. The molecule has 1 amide bonds. The van der Waals surface area contributed by atoms with Crippen LogP contribution in [0.2, 0.25) is 0 Å². The minimum Gasteiger partial charge on any atom is -0.399 e. The molecule has 0 atom stereocenters. The molecule has 0 aliphatic carbocycles. The van der Waals surface area contributed by atoms with Crippen molar-refractivity contribution in [2.45, 2.75) is 45.1 Å². The maximum atomic E-state index is 12.5. The Labute approximate surface area is 156 Å². The monoisotopic (exact) mass is 385 g/mol. The van der Waals surface area contributed by atoms with Crippen LogP contribution in [0.15, 0.2) is 18.3 Å². The average molecular weight is 385 g/mol. The lowest BCUT2D eigenvalue weighted by atomic mass is 9.80. The Morgan fingerprint density at radius 3 is 2.07 bits per heavy atom. The zero-order valence-corrected chi connectivity index (χ0v) is 15.8. The van der Waals surface area contributed by atoms with Crippen LogP contribution in [-0.4, -0.2) is 66.5 Å². The lowest BCUT2D eigenvalue weighted by molar-refractivity contribution is -0.185. The Bertz CT molecular complexity index is 686. The maximum absolute atomic E-state index is 12.5. The van der Waals surface area contributed by atoms with Gasteiger partial charge in [0.2, 0.25) is 0 Å². The number of carbonyl (C=O) groups excluding carboxylic acids is 1. The molecule has 2 aliphatic heterocycles. The zero-order chi connectivity index (χ0) is 20.0. The quantitative estimate of drug-likeness (QED) is 0.724. The first-order valence-electron chi connectivity index (χ1n) is 8.83. The second kappa shape index (κ2) is 6.66. The summed E-state index contributed by atoms with van der Waals surface area (Å²) in [5.74, 6) is -1.14. The van der Waals surface area contributed by atoms with Crippen LogP contribution in [-0.2, 0) is 14.1 Å². The number of anilines is 1. The molecule has 10 heteroatoms. The van der Waals surface area contributed by atoms with Crippen molar-refractivity contribution < 1.29 is 27.3 Å². The third-order valence-electron chi connectivity index (χ3n) is 5.43. The van der Waals surface area contributed by atoms with Crippen LogP contribution in [0.3, 0.4) is 0 Å². The van der Waals surface area contributed by atoms with E-state index in [2.05, 4.69) is 4.98 Å². The smallest absolute Gasteiger partial charge is 0.399 e. The molecule has 6 nitrogen and oxygen atoms in total. The number of piperazine rings is 1. The van der Waals surface area contributed by atoms with Crippen molar-refractivity contribution in [2.75, 3.05) is 31.1 Å². The summed E-state index contributed by atoms with van der Waals surface area (Å²) in [4.78, 5) is 18.4. The first-order chi connectivity index (χ1) is 12.4. The first-order valence-corrected chi connectivity index (χ1v) is 8.83. The average Bonchev–Trinajstić information content (AvgIpc) is 2.81. The SMILES string of the molecule is CC1(C)OB(c2ccc(N3CCN(C(=O)C(F)(F)F)CC3)nc2)OC1(C)C. The first kappa shape index (κ1) is 19.9. The third-order valence-corrected chi connectivity index (χ3v) is 5.43. The Kier molecular flexibility index (Phi) is 4.92. The summed E-state index contributed by atoms with van der Waals surface area (Å²) in [6, 6.07) is 3.64. The van der Waals surface area contributed by atoms with E-state index >= 15 is 0 Å². The highest BCUT2D eigenvalue weighted by Crippen LogP contribution is 2.36. The molecule has 148 valence electrons. The Balaban J connectivity index is 1.62. The Morgan fingerprint density at radius 2 is 1.63 bits per heavy atom. The van der Waals surface area contributed by atoms with E-state index in [9.17, 15) is 18.0 Å². The van der Waals surface area contributed by atoms with E-state index in [-0.39, 0.29) is 13.1 Å². The fourth-order valence-electron chi connectivity index (χ4n) is 3.02. The molecule has 0 spiro atoms. The minimum absolute atomic E-state index is 0.0129. The van der Waals surface area contributed by atoms with Crippen LogP contribution in [0.25, 0.3) is 0 Å². The molecule has 2 saturated heterocycles. The van der Waals surface area contributed by atoms with Crippen molar-refractivity contribution in [1.82, 2.24) is 9.88 Å². The number of carbonyl (C=O) groups is 1. The van der Waals surface area contributed by atoms with Crippen LogP contribution in [0.5, 0.6) is 0 Å². The molecule has 0 unspecified atom stereocenters. The van der Waals surface area contributed by atoms with Gasteiger partial charge in [-0.15, -0.1) is 0 Å². The lowest BCUT2D eigenvalue weighted by Crippen LogP contribution is -2.52.